The zero-order valence-electron chi connectivity index (χ0n) is 22.4. The normalized spacial score (nSPS) is 18.8. The van der Waals surface area contributed by atoms with Crippen molar-refractivity contribution in [3.05, 3.63) is 75.1 Å². The second-order valence-electron chi connectivity index (χ2n) is 10.8. The van der Waals surface area contributed by atoms with Crippen molar-refractivity contribution in [2.45, 2.75) is 12.5 Å². The number of hydrogen-bond donors (Lipinski definition) is 3. The number of rotatable bonds is 4. The van der Waals surface area contributed by atoms with E-state index >= 15 is 0 Å². The minimum Gasteiger partial charge on any atom is -0.477 e. The number of carbonyl (C=O) groups is 1. The Bertz CT molecular complexity index is 2030. The molecule has 6 heterocycles. The molecule has 0 radical (unpaired) electrons. The first-order valence-electron chi connectivity index (χ1n) is 13.4. The first-order chi connectivity index (χ1) is 19.8. The molecule has 2 aliphatic heterocycles. The molecule has 0 spiro atoms. The molecular formula is C30H26ClN7O3. The molecule has 2 saturated heterocycles. The van der Waals surface area contributed by atoms with E-state index in [1.165, 1.54) is 10.5 Å². The minimum atomic E-state index is -1.27. The Kier molecular flexibility index (Phi) is 5.71. The molecule has 3 N–H and O–H groups in total. The molecule has 0 unspecified atom stereocenters. The van der Waals surface area contributed by atoms with Gasteiger partial charge >= 0.3 is 5.97 Å². The van der Waals surface area contributed by atoms with Crippen LogP contribution in [0.1, 0.15) is 16.8 Å². The number of carboxylic acid groups (broad SMARTS) is 1. The SMILES string of the molecule is [C-]#[N+]c1c(Cl)cc(NC)c2[nH]c3ncc(-c4ccc5ccc(C(=O)O)c(=O)n5c4)c(N4CC[C@H]5CN(C)C[C@H]54)c3c12. The maximum Gasteiger partial charge on any atom is 0.341 e. The number of anilines is 2. The number of hydrogen-bond acceptors (Lipinski definition) is 6. The highest BCUT2D eigenvalue weighted by molar-refractivity contribution is 6.37. The molecule has 2 atom stereocenters. The van der Waals surface area contributed by atoms with Gasteiger partial charge in [0.2, 0.25) is 5.69 Å². The standard InChI is InChI=1S/C30H26ClN7O3/c1-32-21-10-20(31)25(33-2)23-24-27(37-9-8-16-12-36(3)14-22(16)37)19(11-34-28(24)35-26(21)23)15-4-5-17-6-7-18(30(40)41)29(39)38(17)13-15/h4-7,10-11,13,16,22,32H,8-9,12,14H2,1,3H3,(H,34,35)(H,40,41)/t16-,22+/m0/s1. The van der Waals surface area contributed by atoms with Crippen molar-refractivity contribution in [2.24, 2.45) is 5.92 Å². The van der Waals surface area contributed by atoms with Crippen molar-refractivity contribution >= 4 is 62.1 Å². The van der Waals surface area contributed by atoms with Gasteiger partial charge in [-0.15, -0.1) is 0 Å². The smallest absolute Gasteiger partial charge is 0.341 e. The minimum absolute atomic E-state index is 0.274. The van der Waals surface area contributed by atoms with Crippen molar-refractivity contribution in [1.82, 2.24) is 19.3 Å². The van der Waals surface area contributed by atoms with E-state index in [0.717, 1.165) is 59.5 Å². The van der Waals surface area contributed by atoms with Crippen LogP contribution in [-0.4, -0.2) is 70.1 Å². The van der Waals surface area contributed by atoms with E-state index < -0.39 is 11.5 Å². The number of aromatic carboxylic acids is 1. The molecule has 7 rings (SSSR count). The predicted molar refractivity (Wildman–Crippen MR) is 161 cm³/mol. The van der Waals surface area contributed by atoms with Crippen LogP contribution in [0, 0.1) is 12.5 Å². The number of nitrogens with one attached hydrogen (secondary N) is 2. The summed E-state index contributed by atoms with van der Waals surface area (Å²) in [7, 11) is 3.95. The number of nitrogens with zero attached hydrogens (tertiary/aromatic N) is 5. The average molecular weight is 568 g/mol. The quantitative estimate of drug-likeness (QED) is 0.260. The molecule has 0 amide bonds. The number of likely N-dealkylation sites (tertiary alicyclic amines) is 1. The summed E-state index contributed by atoms with van der Waals surface area (Å²) in [5, 5.41) is 14.6. The largest absolute Gasteiger partial charge is 0.477 e. The highest BCUT2D eigenvalue weighted by Crippen LogP contribution is 2.49. The van der Waals surface area contributed by atoms with Crippen molar-refractivity contribution in [3.63, 3.8) is 0 Å². The zero-order valence-corrected chi connectivity index (χ0v) is 23.2. The van der Waals surface area contributed by atoms with Gasteiger partial charge in [0.25, 0.3) is 5.56 Å². The van der Waals surface area contributed by atoms with Gasteiger partial charge in [-0.1, -0.05) is 17.7 Å². The van der Waals surface area contributed by atoms with E-state index in [2.05, 4.69) is 32.0 Å². The number of aromatic nitrogens is 3. The Morgan fingerprint density at radius 1 is 1.24 bits per heavy atom. The second-order valence-corrected chi connectivity index (χ2v) is 11.2. The van der Waals surface area contributed by atoms with Gasteiger partial charge in [-0.25, -0.2) is 14.6 Å². The van der Waals surface area contributed by atoms with E-state index in [0.29, 0.717) is 33.2 Å². The van der Waals surface area contributed by atoms with Gasteiger partial charge in [-0.05, 0) is 43.7 Å². The van der Waals surface area contributed by atoms with E-state index in [1.54, 1.807) is 24.5 Å². The van der Waals surface area contributed by atoms with Crippen LogP contribution in [0.2, 0.25) is 5.02 Å². The Hall–Kier alpha value is -4.59. The number of fused-ring (bicyclic) bond motifs is 5. The number of likely N-dealkylation sites (N-methyl/N-ethyl adjacent to an activating group) is 1. The lowest BCUT2D eigenvalue weighted by Gasteiger charge is -2.29. The highest BCUT2D eigenvalue weighted by Gasteiger charge is 2.42. The third-order valence-electron chi connectivity index (χ3n) is 8.59. The molecule has 41 heavy (non-hydrogen) atoms. The van der Waals surface area contributed by atoms with Crippen LogP contribution in [0.4, 0.5) is 17.1 Å². The fourth-order valence-corrected chi connectivity index (χ4v) is 6.99. The Morgan fingerprint density at radius 3 is 2.80 bits per heavy atom. The van der Waals surface area contributed by atoms with E-state index in [9.17, 15) is 14.7 Å². The highest BCUT2D eigenvalue weighted by atomic mass is 35.5. The summed E-state index contributed by atoms with van der Waals surface area (Å²) in [6, 6.07) is 8.71. The van der Waals surface area contributed by atoms with Gasteiger partial charge in [-0.3, -0.25) is 9.20 Å². The lowest BCUT2D eigenvalue weighted by atomic mass is 10.00. The molecule has 5 aromatic rings. The molecule has 4 aromatic heterocycles. The van der Waals surface area contributed by atoms with Gasteiger partial charge in [0.1, 0.15) is 11.2 Å². The number of benzene rings is 1. The molecule has 11 heteroatoms. The molecule has 1 aromatic carbocycles. The molecule has 2 aliphatic rings. The van der Waals surface area contributed by atoms with Crippen molar-refractivity contribution in [2.75, 3.05) is 43.9 Å². The van der Waals surface area contributed by atoms with Crippen LogP contribution >= 0.6 is 11.6 Å². The van der Waals surface area contributed by atoms with Crippen LogP contribution in [0.25, 0.3) is 43.4 Å². The van der Waals surface area contributed by atoms with Crippen molar-refractivity contribution < 1.29 is 9.90 Å². The van der Waals surface area contributed by atoms with Crippen molar-refractivity contribution in [3.8, 4) is 11.1 Å². The molecule has 0 saturated carbocycles. The van der Waals surface area contributed by atoms with Crippen LogP contribution in [0.3, 0.4) is 0 Å². The number of halogens is 1. The van der Waals surface area contributed by atoms with Gasteiger partial charge in [0.05, 0.1) is 23.5 Å². The molecule has 206 valence electrons. The first kappa shape index (κ1) is 25.4. The van der Waals surface area contributed by atoms with E-state index in [4.69, 9.17) is 23.2 Å². The fourth-order valence-electron chi connectivity index (χ4n) is 6.75. The zero-order chi connectivity index (χ0) is 28.6. The van der Waals surface area contributed by atoms with Gasteiger partial charge in [-0.2, -0.15) is 0 Å². The third kappa shape index (κ3) is 3.70. The van der Waals surface area contributed by atoms with Gasteiger partial charge in [0, 0.05) is 77.6 Å². The number of pyridine rings is 3. The average Bonchev–Trinajstić information content (AvgIpc) is 3.64. The maximum atomic E-state index is 13.1. The lowest BCUT2D eigenvalue weighted by Crippen LogP contribution is -2.35. The molecular weight excluding hydrogens is 542 g/mol. The van der Waals surface area contributed by atoms with Crippen molar-refractivity contribution in [1.29, 1.82) is 0 Å². The topological polar surface area (TPSA) is 110 Å². The Morgan fingerprint density at radius 2 is 2.05 bits per heavy atom. The summed E-state index contributed by atoms with van der Waals surface area (Å²) in [5.41, 5.74) is 4.66. The Labute approximate surface area is 239 Å². The lowest BCUT2D eigenvalue weighted by molar-refractivity contribution is 0.0694. The van der Waals surface area contributed by atoms with Crippen LogP contribution in [-0.2, 0) is 0 Å². The molecule has 2 fully saturated rings. The van der Waals surface area contributed by atoms with Crippen LogP contribution in [0.5, 0.6) is 0 Å². The predicted octanol–water partition coefficient (Wildman–Crippen LogP) is 5.08. The summed E-state index contributed by atoms with van der Waals surface area (Å²) in [6.45, 7) is 10.8. The van der Waals surface area contributed by atoms with Gasteiger partial charge < -0.3 is 25.2 Å². The summed E-state index contributed by atoms with van der Waals surface area (Å²) in [6.07, 6.45) is 4.52. The van der Waals surface area contributed by atoms with Crippen LogP contribution in [0.15, 0.2) is 47.5 Å². The second kappa shape index (κ2) is 9.23. The number of H-pyrrole nitrogens is 1. The number of carboxylic acids is 1. The summed E-state index contributed by atoms with van der Waals surface area (Å²) in [5.74, 6) is -0.759. The molecule has 0 aliphatic carbocycles. The third-order valence-corrected chi connectivity index (χ3v) is 8.88. The first-order valence-corrected chi connectivity index (χ1v) is 13.7. The van der Waals surface area contributed by atoms with E-state index in [1.807, 2.05) is 19.2 Å². The fraction of sp³-hybridized carbons (Fsp3) is 0.267. The molecule has 10 nitrogen and oxygen atoms in total. The Balaban J connectivity index is 1.58. The monoisotopic (exact) mass is 567 g/mol. The molecule has 0 bridgehead atoms. The number of aromatic amines is 1. The summed E-state index contributed by atoms with van der Waals surface area (Å²) in [4.78, 5) is 41.6. The van der Waals surface area contributed by atoms with Gasteiger partial charge in [0.15, 0.2) is 0 Å². The maximum absolute atomic E-state index is 13.1. The summed E-state index contributed by atoms with van der Waals surface area (Å²) < 4.78 is 1.37. The summed E-state index contributed by atoms with van der Waals surface area (Å²) >= 11 is 6.65. The van der Waals surface area contributed by atoms with E-state index in [-0.39, 0.29) is 11.6 Å². The van der Waals surface area contributed by atoms with Crippen LogP contribution < -0.4 is 15.8 Å².